The molecule has 2 heterocycles. The molecule has 0 radical (unpaired) electrons. The van der Waals surface area contributed by atoms with Crippen LogP contribution in [0.2, 0.25) is 0 Å². The van der Waals surface area contributed by atoms with E-state index in [4.69, 9.17) is 8.83 Å². The number of anilines is 3. The van der Waals surface area contributed by atoms with Crippen LogP contribution < -0.4 is 4.90 Å². The molecule has 11 aromatic carbocycles. The Morgan fingerprint density at radius 3 is 1.40 bits per heavy atom. The number of furan rings is 2. The lowest BCUT2D eigenvalue weighted by atomic mass is 9.68. The van der Waals surface area contributed by atoms with E-state index < -0.39 is 5.41 Å². The molecule has 328 valence electrons. The van der Waals surface area contributed by atoms with Crippen molar-refractivity contribution in [3.8, 4) is 44.5 Å². The molecule has 1 aliphatic carbocycles. The van der Waals surface area contributed by atoms with E-state index in [-0.39, 0.29) is 0 Å². The SMILES string of the molecule is c1ccc(C2(c3ccccc3)c3ccccc3-c3cc(N(c4ccc(-c5cccc(-c6cccc7c6oc6ccccc67)c5)cc4)c4cccc(-c5cccc6c5oc5ccccc56)c4)ccc32)cc1. The first-order valence-corrected chi connectivity index (χ1v) is 24.0. The van der Waals surface area contributed by atoms with Crippen LogP contribution in [0.1, 0.15) is 22.3 Å². The van der Waals surface area contributed by atoms with Crippen LogP contribution in [0.5, 0.6) is 0 Å². The second-order valence-corrected chi connectivity index (χ2v) is 18.3. The quantitative estimate of drug-likeness (QED) is 0.152. The van der Waals surface area contributed by atoms with Crippen LogP contribution >= 0.6 is 0 Å². The standard InChI is InChI=1S/C67H43NO2/c1-3-20-48(21-4-1)67(49-22-5-2-6-23-49)61-32-10-7-25-55(61)60-43-52(39-40-62(60)67)68(51-24-14-19-47(42-51)54-29-16-31-59-57-27-9-12-34-64(57)70-66(54)59)50-37-35-44(36-38-50)45-17-13-18-46(41-45)53-28-15-30-58-56-26-8-11-33-63(56)69-65(53)58/h1-43H. The Balaban J connectivity index is 0.925. The van der Waals surface area contributed by atoms with E-state index in [1.54, 1.807) is 0 Å². The fraction of sp³-hybridized carbons (Fsp3) is 0.0149. The molecule has 0 saturated carbocycles. The Morgan fingerprint density at radius 2 is 0.743 bits per heavy atom. The van der Waals surface area contributed by atoms with Gasteiger partial charge in [0.2, 0.25) is 0 Å². The lowest BCUT2D eigenvalue weighted by Crippen LogP contribution is -2.28. The van der Waals surface area contributed by atoms with E-state index in [9.17, 15) is 0 Å². The van der Waals surface area contributed by atoms with E-state index in [2.05, 4.69) is 248 Å². The Hall–Kier alpha value is -9.18. The lowest BCUT2D eigenvalue weighted by Gasteiger charge is -2.34. The molecule has 3 heteroatoms. The zero-order valence-corrected chi connectivity index (χ0v) is 38.1. The minimum atomic E-state index is -0.491. The molecule has 0 saturated heterocycles. The van der Waals surface area contributed by atoms with Crippen LogP contribution in [-0.4, -0.2) is 0 Å². The Bertz CT molecular complexity index is 4090. The molecule has 0 N–H and O–H groups in total. The molecule has 0 amide bonds. The predicted octanol–water partition coefficient (Wildman–Crippen LogP) is 18.3. The van der Waals surface area contributed by atoms with Gasteiger partial charge in [0.25, 0.3) is 0 Å². The molecule has 0 spiro atoms. The maximum Gasteiger partial charge on any atom is 0.143 e. The minimum Gasteiger partial charge on any atom is -0.455 e. The van der Waals surface area contributed by atoms with Gasteiger partial charge in [-0.15, -0.1) is 0 Å². The Labute approximate surface area is 405 Å². The third kappa shape index (κ3) is 6.15. The number of benzene rings is 11. The van der Waals surface area contributed by atoms with Crippen molar-refractivity contribution in [1.29, 1.82) is 0 Å². The number of nitrogens with zero attached hydrogens (tertiary/aromatic N) is 1. The first kappa shape index (κ1) is 39.9. The molecular weight excluding hydrogens is 851 g/mol. The van der Waals surface area contributed by atoms with Crippen LogP contribution in [0.3, 0.4) is 0 Å². The highest BCUT2D eigenvalue weighted by Crippen LogP contribution is 2.57. The van der Waals surface area contributed by atoms with Crippen molar-refractivity contribution in [2.45, 2.75) is 5.41 Å². The van der Waals surface area contributed by atoms with Crippen molar-refractivity contribution in [1.82, 2.24) is 0 Å². The van der Waals surface area contributed by atoms with Crippen molar-refractivity contribution in [2.75, 3.05) is 4.90 Å². The van der Waals surface area contributed by atoms with Crippen molar-refractivity contribution < 1.29 is 8.83 Å². The van der Waals surface area contributed by atoms with Crippen LogP contribution in [0.4, 0.5) is 17.1 Å². The topological polar surface area (TPSA) is 29.5 Å². The molecule has 0 fully saturated rings. The summed E-state index contributed by atoms with van der Waals surface area (Å²) in [5, 5.41) is 4.49. The summed E-state index contributed by atoms with van der Waals surface area (Å²) in [4.78, 5) is 2.40. The third-order valence-corrected chi connectivity index (χ3v) is 14.6. The monoisotopic (exact) mass is 893 g/mol. The van der Waals surface area contributed by atoms with Gasteiger partial charge in [0, 0.05) is 49.7 Å². The van der Waals surface area contributed by atoms with Crippen molar-refractivity contribution >= 4 is 60.9 Å². The summed E-state index contributed by atoms with van der Waals surface area (Å²) in [6, 6.07) is 94.2. The van der Waals surface area contributed by atoms with Gasteiger partial charge < -0.3 is 13.7 Å². The van der Waals surface area contributed by atoms with Gasteiger partial charge in [-0.05, 0) is 110 Å². The zero-order valence-electron chi connectivity index (χ0n) is 38.1. The van der Waals surface area contributed by atoms with Gasteiger partial charge in [-0.2, -0.15) is 0 Å². The Kier molecular flexibility index (Phi) is 9.11. The molecule has 0 atom stereocenters. The highest BCUT2D eigenvalue weighted by Gasteiger charge is 2.46. The molecule has 0 bridgehead atoms. The number of hydrogen-bond donors (Lipinski definition) is 0. The van der Waals surface area contributed by atoms with Gasteiger partial charge in [-0.1, -0.05) is 206 Å². The summed E-state index contributed by atoms with van der Waals surface area (Å²) in [5.41, 5.74) is 20.4. The number of fused-ring (bicyclic) bond motifs is 9. The van der Waals surface area contributed by atoms with Gasteiger partial charge in [0.05, 0.1) is 5.41 Å². The molecular formula is C67H43NO2. The molecule has 2 aromatic heterocycles. The number of para-hydroxylation sites is 4. The van der Waals surface area contributed by atoms with E-state index in [0.717, 1.165) is 94.3 Å². The summed E-state index contributed by atoms with van der Waals surface area (Å²) < 4.78 is 13.1. The van der Waals surface area contributed by atoms with E-state index >= 15 is 0 Å². The van der Waals surface area contributed by atoms with Crippen LogP contribution in [0, 0.1) is 0 Å². The van der Waals surface area contributed by atoms with Gasteiger partial charge in [-0.25, -0.2) is 0 Å². The summed E-state index contributed by atoms with van der Waals surface area (Å²) in [6.45, 7) is 0. The van der Waals surface area contributed by atoms with Crippen LogP contribution in [0.15, 0.2) is 270 Å². The summed E-state index contributed by atoms with van der Waals surface area (Å²) in [7, 11) is 0. The van der Waals surface area contributed by atoms with Crippen LogP contribution in [-0.2, 0) is 5.41 Å². The van der Waals surface area contributed by atoms with Crippen LogP contribution in [0.25, 0.3) is 88.4 Å². The molecule has 3 nitrogen and oxygen atoms in total. The zero-order chi connectivity index (χ0) is 46.2. The summed E-state index contributed by atoms with van der Waals surface area (Å²) in [6.07, 6.45) is 0. The van der Waals surface area contributed by atoms with Crippen molar-refractivity contribution in [3.63, 3.8) is 0 Å². The second-order valence-electron chi connectivity index (χ2n) is 18.3. The maximum atomic E-state index is 6.59. The largest absolute Gasteiger partial charge is 0.455 e. The smallest absolute Gasteiger partial charge is 0.143 e. The lowest BCUT2D eigenvalue weighted by molar-refractivity contribution is 0.669. The van der Waals surface area contributed by atoms with Crippen molar-refractivity contribution in [3.05, 3.63) is 283 Å². The highest BCUT2D eigenvalue weighted by molar-refractivity contribution is 6.11. The highest BCUT2D eigenvalue weighted by atomic mass is 16.3. The first-order chi connectivity index (χ1) is 34.7. The molecule has 70 heavy (non-hydrogen) atoms. The van der Waals surface area contributed by atoms with Crippen molar-refractivity contribution in [2.24, 2.45) is 0 Å². The first-order valence-electron chi connectivity index (χ1n) is 24.0. The molecule has 13 aromatic rings. The van der Waals surface area contributed by atoms with E-state index in [1.807, 2.05) is 18.2 Å². The van der Waals surface area contributed by atoms with Gasteiger partial charge in [-0.3, -0.25) is 0 Å². The maximum absolute atomic E-state index is 6.59. The summed E-state index contributed by atoms with van der Waals surface area (Å²) >= 11 is 0. The average Bonchev–Trinajstić information content (AvgIpc) is 4.11. The fourth-order valence-corrected chi connectivity index (χ4v) is 11.5. The van der Waals surface area contributed by atoms with Gasteiger partial charge in [0.15, 0.2) is 0 Å². The number of rotatable bonds is 8. The Morgan fingerprint density at radius 1 is 0.271 bits per heavy atom. The van der Waals surface area contributed by atoms with Gasteiger partial charge >= 0.3 is 0 Å². The normalized spacial score (nSPS) is 12.7. The third-order valence-electron chi connectivity index (χ3n) is 14.6. The molecule has 14 rings (SSSR count). The molecule has 1 aliphatic rings. The second kappa shape index (κ2) is 16.0. The fourth-order valence-electron chi connectivity index (χ4n) is 11.5. The minimum absolute atomic E-state index is 0.491. The van der Waals surface area contributed by atoms with Gasteiger partial charge in [0.1, 0.15) is 22.3 Å². The predicted molar refractivity (Wildman–Crippen MR) is 289 cm³/mol. The molecule has 0 aliphatic heterocycles. The summed E-state index contributed by atoms with van der Waals surface area (Å²) in [5.74, 6) is 0. The van der Waals surface area contributed by atoms with E-state index in [0.29, 0.717) is 0 Å². The average molecular weight is 894 g/mol. The molecule has 0 unspecified atom stereocenters. The van der Waals surface area contributed by atoms with E-state index in [1.165, 1.54) is 33.4 Å². The number of hydrogen-bond acceptors (Lipinski definition) is 3.